The van der Waals surface area contributed by atoms with Crippen LogP contribution in [-0.4, -0.2) is 18.0 Å². The minimum Gasteiger partial charge on any atom is -0.325 e. The molecule has 2 aliphatic heterocycles. The molecular formula is C13H15IN2O. The van der Waals surface area contributed by atoms with Crippen LogP contribution in [0.4, 0.5) is 5.69 Å². The predicted octanol–water partition coefficient (Wildman–Crippen LogP) is 2.37. The minimum atomic E-state index is 0.157. The number of benzene rings is 1. The van der Waals surface area contributed by atoms with E-state index in [0.717, 1.165) is 22.1 Å². The maximum absolute atomic E-state index is 12.2. The highest BCUT2D eigenvalue weighted by Crippen LogP contribution is 2.34. The molecule has 3 unspecified atom stereocenters. The number of hydrogen-bond donors (Lipinski definition) is 2. The topological polar surface area (TPSA) is 41.1 Å². The van der Waals surface area contributed by atoms with Crippen LogP contribution in [0.25, 0.3) is 0 Å². The molecule has 1 aromatic rings. The van der Waals surface area contributed by atoms with Crippen molar-refractivity contribution in [1.29, 1.82) is 0 Å². The van der Waals surface area contributed by atoms with E-state index in [1.807, 2.05) is 24.3 Å². The molecule has 0 spiro atoms. The summed E-state index contributed by atoms with van der Waals surface area (Å²) >= 11 is 2.25. The highest BCUT2D eigenvalue weighted by atomic mass is 127. The molecular weight excluding hydrogens is 327 g/mol. The van der Waals surface area contributed by atoms with E-state index in [0.29, 0.717) is 12.1 Å². The van der Waals surface area contributed by atoms with Crippen LogP contribution in [0.15, 0.2) is 24.3 Å². The van der Waals surface area contributed by atoms with E-state index in [1.54, 1.807) is 0 Å². The normalized spacial score (nSPS) is 30.5. The summed E-state index contributed by atoms with van der Waals surface area (Å²) in [7, 11) is 0. The Hall–Kier alpha value is -0.620. The maximum atomic E-state index is 12.2. The number of carbonyl (C=O) groups excluding carboxylic acids is 1. The number of para-hydroxylation sites is 1. The summed E-state index contributed by atoms with van der Waals surface area (Å²) in [5.74, 6) is 0.332. The molecule has 4 heteroatoms. The second kappa shape index (κ2) is 4.57. The van der Waals surface area contributed by atoms with Crippen LogP contribution in [-0.2, 0) is 4.79 Å². The molecule has 3 rings (SSSR count). The summed E-state index contributed by atoms with van der Waals surface area (Å²) in [6.45, 7) is 0. The Labute approximate surface area is 114 Å². The van der Waals surface area contributed by atoms with Gasteiger partial charge < -0.3 is 10.6 Å². The second-order valence-electron chi connectivity index (χ2n) is 4.86. The standard InChI is InChI=1S/C13H15IN2O/c14-10-3-1-2-4-12(10)16-13(17)9-7-8-5-6-11(9)15-8/h1-4,8-9,11,15H,5-7H2,(H,16,17). The first kappa shape index (κ1) is 11.5. The van der Waals surface area contributed by atoms with Gasteiger partial charge in [0.1, 0.15) is 0 Å². The molecule has 0 aromatic heterocycles. The summed E-state index contributed by atoms with van der Waals surface area (Å²) in [4.78, 5) is 12.2. The van der Waals surface area contributed by atoms with E-state index in [2.05, 4.69) is 33.2 Å². The van der Waals surface area contributed by atoms with Crippen LogP contribution in [0, 0.1) is 9.49 Å². The predicted molar refractivity (Wildman–Crippen MR) is 75.8 cm³/mol. The van der Waals surface area contributed by atoms with E-state index in [9.17, 15) is 4.79 Å². The number of carbonyl (C=O) groups is 1. The summed E-state index contributed by atoms with van der Waals surface area (Å²) in [6, 6.07) is 8.88. The highest BCUT2D eigenvalue weighted by molar-refractivity contribution is 14.1. The first-order chi connectivity index (χ1) is 8.24. The molecule has 2 heterocycles. The number of rotatable bonds is 2. The van der Waals surface area contributed by atoms with Gasteiger partial charge in [-0.25, -0.2) is 0 Å². The Balaban J connectivity index is 1.70. The molecule has 2 saturated heterocycles. The lowest BCUT2D eigenvalue weighted by atomic mass is 9.88. The van der Waals surface area contributed by atoms with Crippen molar-refractivity contribution in [3.63, 3.8) is 0 Å². The third-order valence-electron chi connectivity index (χ3n) is 3.77. The Morgan fingerprint density at radius 2 is 2.18 bits per heavy atom. The van der Waals surface area contributed by atoms with Crippen molar-refractivity contribution in [2.75, 3.05) is 5.32 Å². The lowest BCUT2D eigenvalue weighted by Crippen LogP contribution is -2.33. The highest BCUT2D eigenvalue weighted by Gasteiger charge is 2.42. The lowest BCUT2D eigenvalue weighted by molar-refractivity contribution is -0.120. The zero-order valence-corrected chi connectivity index (χ0v) is 11.6. The molecule has 2 N–H and O–H groups in total. The van der Waals surface area contributed by atoms with Gasteiger partial charge in [0.2, 0.25) is 5.91 Å². The first-order valence-corrected chi connectivity index (χ1v) is 7.13. The molecule has 0 radical (unpaired) electrons. The molecule has 3 atom stereocenters. The van der Waals surface area contributed by atoms with Crippen molar-refractivity contribution in [2.24, 2.45) is 5.92 Å². The van der Waals surface area contributed by atoms with Crippen molar-refractivity contribution in [3.8, 4) is 0 Å². The number of fused-ring (bicyclic) bond motifs is 2. The van der Waals surface area contributed by atoms with Crippen molar-refractivity contribution in [2.45, 2.75) is 31.3 Å². The summed E-state index contributed by atoms with van der Waals surface area (Å²) in [5, 5.41) is 6.55. The summed E-state index contributed by atoms with van der Waals surface area (Å²) in [5.41, 5.74) is 0.931. The van der Waals surface area contributed by atoms with Gasteiger partial charge in [0.25, 0.3) is 0 Å². The number of halogens is 1. The SMILES string of the molecule is O=C(Nc1ccccc1I)C1CC2CCC1N2. The minimum absolute atomic E-state index is 0.157. The van der Waals surface area contributed by atoms with Gasteiger partial charge >= 0.3 is 0 Å². The van der Waals surface area contributed by atoms with Crippen LogP contribution in [0.1, 0.15) is 19.3 Å². The monoisotopic (exact) mass is 342 g/mol. The van der Waals surface area contributed by atoms with E-state index >= 15 is 0 Å². The first-order valence-electron chi connectivity index (χ1n) is 6.05. The summed E-state index contributed by atoms with van der Waals surface area (Å²) in [6.07, 6.45) is 3.38. The molecule has 3 nitrogen and oxygen atoms in total. The van der Waals surface area contributed by atoms with Crippen LogP contribution in [0.5, 0.6) is 0 Å². The van der Waals surface area contributed by atoms with Crippen LogP contribution in [0.3, 0.4) is 0 Å². The molecule has 17 heavy (non-hydrogen) atoms. The van der Waals surface area contributed by atoms with E-state index in [-0.39, 0.29) is 11.8 Å². The van der Waals surface area contributed by atoms with Gasteiger partial charge in [0.05, 0.1) is 11.6 Å². The zero-order chi connectivity index (χ0) is 11.8. The fourth-order valence-electron chi connectivity index (χ4n) is 2.90. The van der Waals surface area contributed by atoms with Crippen molar-refractivity contribution in [1.82, 2.24) is 5.32 Å². The van der Waals surface area contributed by atoms with Gasteiger partial charge in [-0.2, -0.15) is 0 Å². The molecule has 1 amide bonds. The van der Waals surface area contributed by atoms with Gasteiger partial charge in [-0.1, -0.05) is 12.1 Å². The fraction of sp³-hybridized carbons (Fsp3) is 0.462. The van der Waals surface area contributed by atoms with Crippen molar-refractivity contribution >= 4 is 34.2 Å². The van der Waals surface area contributed by atoms with E-state index < -0.39 is 0 Å². The third kappa shape index (κ3) is 2.20. The molecule has 0 saturated carbocycles. The van der Waals surface area contributed by atoms with Crippen LogP contribution < -0.4 is 10.6 Å². The Morgan fingerprint density at radius 1 is 1.35 bits per heavy atom. The Morgan fingerprint density at radius 3 is 2.82 bits per heavy atom. The Bertz CT molecular complexity index is 449. The summed E-state index contributed by atoms with van der Waals surface area (Å²) < 4.78 is 1.09. The van der Waals surface area contributed by atoms with E-state index in [4.69, 9.17) is 0 Å². The third-order valence-corrected chi connectivity index (χ3v) is 4.71. The molecule has 0 aliphatic carbocycles. The van der Waals surface area contributed by atoms with Gasteiger partial charge in [0, 0.05) is 15.7 Å². The van der Waals surface area contributed by atoms with Gasteiger partial charge in [-0.3, -0.25) is 4.79 Å². The van der Waals surface area contributed by atoms with Gasteiger partial charge in [-0.05, 0) is 54.0 Å². The zero-order valence-electron chi connectivity index (χ0n) is 9.45. The number of hydrogen-bond acceptors (Lipinski definition) is 2. The number of amides is 1. The maximum Gasteiger partial charge on any atom is 0.229 e. The lowest BCUT2D eigenvalue weighted by Gasteiger charge is -2.19. The van der Waals surface area contributed by atoms with E-state index in [1.165, 1.54) is 6.42 Å². The van der Waals surface area contributed by atoms with Crippen LogP contribution in [0.2, 0.25) is 0 Å². The second-order valence-corrected chi connectivity index (χ2v) is 6.02. The fourth-order valence-corrected chi connectivity index (χ4v) is 3.42. The molecule has 2 aliphatic rings. The van der Waals surface area contributed by atoms with Crippen molar-refractivity contribution < 1.29 is 4.79 Å². The van der Waals surface area contributed by atoms with Gasteiger partial charge in [-0.15, -0.1) is 0 Å². The molecule has 2 bridgehead atoms. The molecule has 90 valence electrons. The molecule has 2 fully saturated rings. The van der Waals surface area contributed by atoms with Crippen molar-refractivity contribution in [3.05, 3.63) is 27.8 Å². The average molecular weight is 342 g/mol. The quantitative estimate of drug-likeness (QED) is 0.811. The number of nitrogens with one attached hydrogen (secondary N) is 2. The van der Waals surface area contributed by atoms with Crippen LogP contribution >= 0.6 is 22.6 Å². The smallest absolute Gasteiger partial charge is 0.229 e. The molecule has 1 aromatic carbocycles. The number of anilines is 1. The largest absolute Gasteiger partial charge is 0.325 e. The average Bonchev–Trinajstić information content (AvgIpc) is 2.94. The van der Waals surface area contributed by atoms with Gasteiger partial charge in [0.15, 0.2) is 0 Å². The Kier molecular flexibility index (Phi) is 3.08.